The van der Waals surface area contributed by atoms with Crippen LogP contribution in [0, 0.1) is 0 Å². The van der Waals surface area contributed by atoms with Crippen LogP contribution in [0.4, 0.5) is 0 Å². The van der Waals surface area contributed by atoms with Crippen LogP contribution in [0.25, 0.3) is 0 Å². The van der Waals surface area contributed by atoms with E-state index in [9.17, 15) is 9.59 Å². The van der Waals surface area contributed by atoms with Crippen LogP contribution in [0.3, 0.4) is 0 Å². The Hall–Kier alpha value is -1.62. The average Bonchev–Trinajstić information content (AvgIpc) is 3.20. The van der Waals surface area contributed by atoms with E-state index >= 15 is 0 Å². The van der Waals surface area contributed by atoms with E-state index in [1.165, 1.54) is 17.2 Å². The lowest BCUT2D eigenvalue weighted by Crippen LogP contribution is -2.38. The van der Waals surface area contributed by atoms with Crippen LogP contribution in [-0.4, -0.2) is 41.0 Å². The Morgan fingerprint density at radius 1 is 1.53 bits per heavy atom. The smallest absolute Gasteiger partial charge is 0.325 e. The third-order valence-corrected chi connectivity index (χ3v) is 3.03. The quantitative estimate of drug-likeness (QED) is 0.774. The van der Waals surface area contributed by atoms with Crippen molar-refractivity contribution in [2.75, 3.05) is 13.2 Å². The van der Waals surface area contributed by atoms with Crippen molar-refractivity contribution in [2.45, 2.75) is 25.8 Å². The Kier molecular flexibility index (Phi) is 4.37. The fraction of sp³-hybridized carbons (Fsp3) is 0.462. The van der Waals surface area contributed by atoms with Crippen LogP contribution >= 0.6 is 11.6 Å². The number of nitrogens with zero attached hydrogens (tertiary/aromatic N) is 2. The first-order valence-corrected chi connectivity index (χ1v) is 6.57. The number of pyridine rings is 1. The van der Waals surface area contributed by atoms with E-state index in [-0.39, 0.29) is 24.2 Å². The summed E-state index contributed by atoms with van der Waals surface area (Å²) in [7, 11) is 0. The Morgan fingerprint density at radius 3 is 2.84 bits per heavy atom. The molecular weight excluding hydrogens is 268 g/mol. The first-order valence-electron chi connectivity index (χ1n) is 6.20. The molecule has 1 amide bonds. The van der Waals surface area contributed by atoms with Gasteiger partial charge in [0.2, 0.25) is 0 Å². The van der Waals surface area contributed by atoms with Gasteiger partial charge in [0.25, 0.3) is 5.91 Å². The van der Waals surface area contributed by atoms with Gasteiger partial charge in [0.15, 0.2) is 0 Å². The minimum atomic E-state index is -0.398. The molecular formula is C13H15ClN2O3. The highest BCUT2D eigenvalue weighted by molar-refractivity contribution is 6.30. The summed E-state index contributed by atoms with van der Waals surface area (Å²) in [5, 5.41) is 0.449. The monoisotopic (exact) mass is 282 g/mol. The molecule has 102 valence electrons. The summed E-state index contributed by atoms with van der Waals surface area (Å²) in [5.41, 5.74) is 0.253. The third kappa shape index (κ3) is 3.67. The molecule has 0 aliphatic heterocycles. The number of carbonyl (C=O) groups excluding carboxylic acids is 2. The molecule has 6 heteroatoms. The highest BCUT2D eigenvalue weighted by Gasteiger charge is 2.35. The normalized spacial score (nSPS) is 14.0. The van der Waals surface area contributed by atoms with Crippen molar-refractivity contribution in [3.05, 3.63) is 29.0 Å². The van der Waals surface area contributed by atoms with Crippen molar-refractivity contribution in [2.24, 2.45) is 0 Å². The second kappa shape index (κ2) is 6.02. The van der Waals surface area contributed by atoms with Gasteiger partial charge in [0.1, 0.15) is 12.2 Å². The second-order valence-electron chi connectivity index (χ2n) is 4.33. The van der Waals surface area contributed by atoms with Crippen LogP contribution < -0.4 is 0 Å². The van der Waals surface area contributed by atoms with Crippen molar-refractivity contribution in [3.8, 4) is 0 Å². The van der Waals surface area contributed by atoms with E-state index in [1.54, 1.807) is 13.0 Å². The minimum absolute atomic E-state index is 0.0362. The Bertz CT molecular complexity index is 489. The number of hydrogen-bond acceptors (Lipinski definition) is 4. The van der Waals surface area contributed by atoms with Gasteiger partial charge in [0.05, 0.1) is 6.61 Å². The first-order chi connectivity index (χ1) is 9.11. The summed E-state index contributed by atoms with van der Waals surface area (Å²) >= 11 is 5.84. The molecule has 0 spiro atoms. The van der Waals surface area contributed by atoms with E-state index in [0.717, 1.165) is 12.8 Å². The Labute approximate surface area is 116 Å². The molecule has 0 aromatic carbocycles. The molecule has 0 radical (unpaired) electrons. The van der Waals surface area contributed by atoms with E-state index in [4.69, 9.17) is 16.3 Å². The van der Waals surface area contributed by atoms with E-state index in [1.807, 2.05) is 0 Å². The fourth-order valence-corrected chi connectivity index (χ4v) is 1.93. The zero-order valence-electron chi connectivity index (χ0n) is 10.6. The number of aromatic nitrogens is 1. The average molecular weight is 283 g/mol. The second-order valence-corrected chi connectivity index (χ2v) is 4.76. The number of ether oxygens (including phenoxy) is 1. The predicted octanol–water partition coefficient (Wildman–Crippen LogP) is 1.90. The molecule has 2 rings (SSSR count). The number of carbonyl (C=O) groups is 2. The summed E-state index contributed by atoms with van der Waals surface area (Å²) in [6.07, 6.45) is 3.29. The number of esters is 1. The van der Waals surface area contributed by atoms with Crippen molar-refractivity contribution in [1.29, 1.82) is 0 Å². The molecule has 0 saturated heterocycles. The molecule has 1 aliphatic rings. The van der Waals surface area contributed by atoms with Gasteiger partial charge in [0, 0.05) is 17.3 Å². The number of halogens is 1. The van der Waals surface area contributed by atoms with Gasteiger partial charge in [-0.3, -0.25) is 14.6 Å². The van der Waals surface area contributed by atoms with E-state index < -0.39 is 5.97 Å². The fourth-order valence-electron chi connectivity index (χ4n) is 1.77. The van der Waals surface area contributed by atoms with E-state index in [0.29, 0.717) is 11.6 Å². The zero-order chi connectivity index (χ0) is 13.8. The topological polar surface area (TPSA) is 59.5 Å². The van der Waals surface area contributed by atoms with Gasteiger partial charge in [-0.15, -0.1) is 0 Å². The van der Waals surface area contributed by atoms with Gasteiger partial charge in [-0.25, -0.2) is 0 Å². The first kappa shape index (κ1) is 13.8. The van der Waals surface area contributed by atoms with Crippen LogP contribution in [0.5, 0.6) is 0 Å². The van der Waals surface area contributed by atoms with Gasteiger partial charge >= 0.3 is 5.97 Å². The predicted molar refractivity (Wildman–Crippen MR) is 69.9 cm³/mol. The molecule has 1 aliphatic carbocycles. The summed E-state index contributed by atoms with van der Waals surface area (Å²) in [4.78, 5) is 29.3. The minimum Gasteiger partial charge on any atom is -0.465 e. The zero-order valence-corrected chi connectivity index (χ0v) is 11.4. The van der Waals surface area contributed by atoms with Crippen molar-refractivity contribution >= 4 is 23.5 Å². The van der Waals surface area contributed by atoms with Crippen LogP contribution in [0.1, 0.15) is 30.3 Å². The summed E-state index contributed by atoms with van der Waals surface area (Å²) < 4.78 is 4.88. The lowest BCUT2D eigenvalue weighted by molar-refractivity contribution is -0.144. The largest absolute Gasteiger partial charge is 0.465 e. The SMILES string of the molecule is CCOC(=O)CN(C(=O)c1cc(Cl)ccn1)C1CC1. The molecule has 5 nitrogen and oxygen atoms in total. The van der Waals surface area contributed by atoms with Crippen LogP contribution in [0.2, 0.25) is 5.02 Å². The highest BCUT2D eigenvalue weighted by atomic mass is 35.5. The summed E-state index contributed by atoms with van der Waals surface area (Å²) in [6.45, 7) is 2.01. The summed E-state index contributed by atoms with van der Waals surface area (Å²) in [5.74, 6) is -0.678. The molecule has 0 atom stereocenters. The highest BCUT2D eigenvalue weighted by Crippen LogP contribution is 2.28. The number of rotatable bonds is 5. The molecule has 0 bridgehead atoms. The van der Waals surface area contributed by atoms with Crippen molar-refractivity contribution in [1.82, 2.24) is 9.88 Å². The standard InChI is InChI=1S/C13H15ClN2O3/c1-2-19-12(17)8-16(10-3-4-10)13(18)11-7-9(14)5-6-15-11/h5-7,10H,2-4,8H2,1H3. The number of hydrogen-bond donors (Lipinski definition) is 0. The van der Waals surface area contributed by atoms with Crippen LogP contribution in [-0.2, 0) is 9.53 Å². The van der Waals surface area contributed by atoms with Gasteiger partial charge < -0.3 is 9.64 Å². The molecule has 0 unspecified atom stereocenters. The van der Waals surface area contributed by atoms with E-state index in [2.05, 4.69) is 4.98 Å². The van der Waals surface area contributed by atoms with Crippen LogP contribution in [0.15, 0.2) is 18.3 Å². The Balaban J connectivity index is 2.10. The molecule has 19 heavy (non-hydrogen) atoms. The molecule has 1 aromatic heterocycles. The molecule has 1 fully saturated rings. The third-order valence-electron chi connectivity index (χ3n) is 2.79. The van der Waals surface area contributed by atoms with Gasteiger partial charge in [-0.2, -0.15) is 0 Å². The molecule has 1 heterocycles. The number of amides is 1. The maximum atomic E-state index is 12.3. The molecule has 0 N–H and O–H groups in total. The molecule has 1 aromatic rings. The van der Waals surface area contributed by atoms with Crippen molar-refractivity contribution in [3.63, 3.8) is 0 Å². The van der Waals surface area contributed by atoms with Gasteiger partial charge in [-0.1, -0.05) is 11.6 Å². The summed E-state index contributed by atoms with van der Waals surface area (Å²) in [6, 6.07) is 3.22. The van der Waals surface area contributed by atoms with Gasteiger partial charge in [-0.05, 0) is 31.9 Å². The Morgan fingerprint density at radius 2 is 2.26 bits per heavy atom. The maximum Gasteiger partial charge on any atom is 0.325 e. The maximum absolute atomic E-state index is 12.3. The van der Waals surface area contributed by atoms with Crippen molar-refractivity contribution < 1.29 is 14.3 Å². The lowest BCUT2D eigenvalue weighted by atomic mass is 10.3. The lowest BCUT2D eigenvalue weighted by Gasteiger charge is -2.20. The molecule has 1 saturated carbocycles.